The SMILES string of the molecule is Cc1nc(-c2cccc(NC(=O)Cc3ccccc3F)c2)cs1. The van der Waals surface area contributed by atoms with E-state index >= 15 is 0 Å². The fourth-order valence-electron chi connectivity index (χ4n) is 2.27. The van der Waals surface area contributed by atoms with Crippen LogP contribution in [0.4, 0.5) is 10.1 Å². The van der Waals surface area contributed by atoms with Gasteiger partial charge in [-0.1, -0.05) is 30.3 Å². The second-order valence-corrected chi connectivity index (χ2v) is 6.21. The van der Waals surface area contributed by atoms with Crippen LogP contribution in [0.2, 0.25) is 0 Å². The molecule has 116 valence electrons. The van der Waals surface area contributed by atoms with E-state index in [1.165, 1.54) is 6.07 Å². The van der Waals surface area contributed by atoms with Gasteiger partial charge in [0.05, 0.1) is 17.1 Å². The van der Waals surface area contributed by atoms with E-state index in [0.29, 0.717) is 11.3 Å². The normalized spacial score (nSPS) is 10.5. The van der Waals surface area contributed by atoms with Crippen molar-refractivity contribution in [3.63, 3.8) is 0 Å². The van der Waals surface area contributed by atoms with Crippen LogP contribution in [0.3, 0.4) is 0 Å². The van der Waals surface area contributed by atoms with Crippen LogP contribution in [0.1, 0.15) is 10.6 Å². The molecule has 0 unspecified atom stereocenters. The second kappa shape index (κ2) is 6.71. The quantitative estimate of drug-likeness (QED) is 0.770. The Morgan fingerprint density at radius 2 is 2.04 bits per heavy atom. The van der Waals surface area contributed by atoms with Crippen molar-refractivity contribution in [1.82, 2.24) is 4.98 Å². The Hall–Kier alpha value is -2.53. The van der Waals surface area contributed by atoms with E-state index in [9.17, 15) is 9.18 Å². The molecule has 1 heterocycles. The van der Waals surface area contributed by atoms with Crippen molar-refractivity contribution in [3.8, 4) is 11.3 Å². The summed E-state index contributed by atoms with van der Waals surface area (Å²) in [6, 6.07) is 13.8. The number of hydrogen-bond acceptors (Lipinski definition) is 3. The van der Waals surface area contributed by atoms with E-state index in [0.717, 1.165) is 16.3 Å². The molecule has 0 bridgehead atoms. The van der Waals surface area contributed by atoms with Gasteiger partial charge in [0.25, 0.3) is 0 Å². The molecule has 3 aromatic rings. The monoisotopic (exact) mass is 326 g/mol. The summed E-state index contributed by atoms with van der Waals surface area (Å²) in [5.41, 5.74) is 2.89. The van der Waals surface area contributed by atoms with Crippen LogP contribution in [0.25, 0.3) is 11.3 Å². The van der Waals surface area contributed by atoms with Crippen LogP contribution >= 0.6 is 11.3 Å². The summed E-state index contributed by atoms with van der Waals surface area (Å²) in [5.74, 6) is -0.615. The van der Waals surface area contributed by atoms with Crippen LogP contribution in [-0.4, -0.2) is 10.9 Å². The predicted octanol–water partition coefficient (Wildman–Crippen LogP) is 4.44. The van der Waals surface area contributed by atoms with Gasteiger partial charge in [-0.3, -0.25) is 4.79 Å². The van der Waals surface area contributed by atoms with Gasteiger partial charge in [-0.15, -0.1) is 11.3 Å². The zero-order valence-electron chi connectivity index (χ0n) is 12.5. The highest BCUT2D eigenvalue weighted by atomic mass is 32.1. The second-order valence-electron chi connectivity index (χ2n) is 5.15. The van der Waals surface area contributed by atoms with Crippen LogP contribution in [0, 0.1) is 12.7 Å². The third kappa shape index (κ3) is 3.81. The smallest absolute Gasteiger partial charge is 0.228 e. The lowest BCUT2D eigenvalue weighted by molar-refractivity contribution is -0.115. The Morgan fingerprint density at radius 3 is 2.78 bits per heavy atom. The van der Waals surface area contributed by atoms with Gasteiger partial charge in [0, 0.05) is 16.6 Å². The van der Waals surface area contributed by atoms with Crippen LogP contribution < -0.4 is 5.32 Å². The maximum atomic E-state index is 13.6. The largest absolute Gasteiger partial charge is 0.326 e. The topological polar surface area (TPSA) is 42.0 Å². The molecule has 0 aliphatic heterocycles. The summed E-state index contributed by atoms with van der Waals surface area (Å²) in [6.45, 7) is 1.95. The number of nitrogens with one attached hydrogen (secondary N) is 1. The lowest BCUT2D eigenvalue weighted by Gasteiger charge is -2.07. The highest BCUT2D eigenvalue weighted by molar-refractivity contribution is 7.09. The Bertz CT molecular complexity index is 844. The third-order valence-electron chi connectivity index (χ3n) is 3.37. The number of hydrogen-bond donors (Lipinski definition) is 1. The number of carbonyl (C=O) groups is 1. The maximum Gasteiger partial charge on any atom is 0.228 e. The number of thiazole rings is 1. The van der Waals surface area contributed by atoms with Crippen molar-refractivity contribution in [2.45, 2.75) is 13.3 Å². The molecule has 1 amide bonds. The highest BCUT2D eigenvalue weighted by Gasteiger charge is 2.09. The minimum Gasteiger partial charge on any atom is -0.326 e. The van der Waals surface area contributed by atoms with Gasteiger partial charge in [-0.2, -0.15) is 0 Å². The van der Waals surface area contributed by atoms with Gasteiger partial charge in [0.1, 0.15) is 5.82 Å². The minimum absolute atomic E-state index is 0.00666. The minimum atomic E-state index is -0.366. The average Bonchev–Trinajstić information content (AvgIpc) is 2.96. The van der Waals surface area contributed by atoms with Gasteiger partial charge in [0.2, 0.25) is 5.91 Å². The molecule has 3 nitrogen and oxygen atoms in total. The maximum absolute atomic E-state index is 13.6. The van der Waals surface area contributed by atoms with Gasteiger partial charge in [-0.05, 0) is 30.7 Å². The van der Waals surface area contributed by atoms with Gasteiger partial charge in [-0.25, -0.2) is 9.37 Å². The number of aromatic nitrogens is 1. The van der Waals surface area contributed by atoms with Gasteiger partial charge in [0.15, 0.2) is 0 Å². The van der Waals surface area contributed by atoms with E-state index in [-0.39, 0.29) is 18.1 Å². The summed E-state index contributed by atoms with van der Waals surface area (Å²) in [6.07, 6.45) is 0.00666. The first-order valence-electron chi connectivity index (χ1n) is 7.17. The first kappa shape index (κ1) is 15.4. The molecule has 0 saturated carbocycles. The van der Waals surface area contributed by atoms with Crippen LogP contribution in [-0.2, 0) is 11.2 Å². The molecule has 23 heavy (non-hydrogen) atoms. The number of rotatable bonds is 4. The van der Waals surface area contributed by atoms with Gasteiger partial charge < -0.3 is 5.32 Å². The number of nitrogens with zero attached hydrogens (tertiary/aromatic N) is 1. The lowest BCUT2D eigenvalue weighted by Crippen LogP contribution is -2.15. The van der Waals surface area contributed by atoms with E-state index in [4.69, 9.17) is 0 Å². The number of halogens is 1. The Morgan fingerprint density at radius 1 is 1.22 bits per heavy atom. The summed E-state index contributed by atoms with van der Waals surface area (Å²) < 4.78 is 13.6. The van der Waals surface area contributed by atoms with E-state index in [1.54, 1.807) is 29.5 Å². The summed E-state index contributed by atoms with van der Waals surface area (Å²) in [4.78, 5) is 16.5. The molecule has 1 N–H and O–H groups in total. The lowest BCUT2D eigenvalue weighted by atomic mass is 10.1. The summed E-state index contributed by atoms with van der Waals surface area (Å²) in [7, 11) is 0. The van der Waals surface area contributed by atoms with E-state index in [2.05, 4.69) is 10.3 Å². The molecular weight excluding hydrogens is 311 g/mol. The summed E-state index contributed by atoms with van der Waals surface area (Å²) in [5, 5.41) is 5.78. The molecule has 0 aliphatic carbocycles. The Labute approximate surface area is 137 Å². The molecule has 0 aliphatic rings. The van der Waals surface area contributed by atoms with E-state index < -0.39 is 0 Å². The zero-order chi connectivity index (χ0) is 16.2. The number of aryl methyl sites for hydroxylation is 1. The molecule has 2 aromatic carbocycles. The highest BCUT2D eigenvalue weighted by Crippen LogP contribution is 2.24. The number of anilines is 1. The molecule has 5 heteroatoms. The van der Waals surface area contributed by atoms with Crippen molar-refractivity contribution in [3.05, 3.63) is 70.3 Å². The van der Waals surface area contributed by atoms with Crippen molar-refractivity contribution < 1.29 is 9.18 Å². The molecular formula is C18H15FN2OS. The fraction of sp³-hybridized carbons (Fsp3) is 0.111. The average molecular weight is 326 g/mol. The Kier molecular flexibility index (Phi) is 4.48. The Balaban J connectivity index is 1.73. The molecule has 3 rings (SSSR count). The number of carbonyl (C=O) groups excluding carboxylic acids is 1. The molecule has 1 aromatic heterocycles. The van der Waals surface area contributed by atoms with Crippen LogP contribution in [0.5, 0.6) is 0 Å². The number of amides is 1. The number of benzene rings is 2. The summed E-state index contributed by atoms with van der Waals surface area (Å²) >= 11 is 1.58. The molecule has 0 radical (unpaired) electrons. The van der Waals surface area contributed by atoms with Crippen molar-refractivity contribution in [1.29, 1.82) is 0 Å². The standard InChI is InChI=1S/C18H15FN2OS/c1-12-20-17(11-23-12)14-6-4-7-15(9-14)21-18(22)10-13-5-2-3-8-16(13)19/h2-9,11H,10H2,1H3,(H,21,22). The first-order valence-corrected chi connectivity index (χ1v) is 8.05. The molecule has 0 fully saturated rings. The van der Waals surface area contributed by atoms with Crippen molar-refractivity contribution >= 4 is 22.9 Å². The predicted molar refractivity (Wildman–Crippen MR) is 91.0 cm³/mol. The fourth-order valence-corrected chi connectivity index (χ4v) is 2.89. The van der Waals surface area contributed by atoms with Crippen molar-refractivity contribution in [2.24, 2.45) is 0 Å². The first-order chi connectivity index (χ1) is 11.1. The molecule has 0 spiro atoms. The van der Waals surface area contributed by atoms with Gasteiger partial charge >= 0.3 is 0 Å². The van der Waals surface area contributed by atoms with Crippen LogP contribution in [0.15, 0.2) is 53.9 Å². The molecule has 0 saturated heterocycles. The zero-order valence-corrected chi connectivity index (χ0v) is 13.4. The molecule has 0 atom stereocenters. The van der Waals surface area contributed by atoms with Crippen molar-refractivity contribution in [2.75, 3.05) is 5.32 Å². The third-order valence-corrected chi connectivity index (χ3v) is 4.14. The van der Waals surface area contributed by atoms with E-state index in [1.807, 2.05) is 36.6 Å².